The Morgan fingerprint density at radius 1 is 1.50 bits per heavy atom. The molecule has 0 aliphatic heterocycles. The predicted octanol–water partition coefficient (Wildman–Crippen LogP) is -4.50. The fourth-order valence-corrected chi connectivity index (χ4v) is 0. The molecule has 0 saturated heterocycles. The minimum Gasteiger partial charge on any atom is -1.00 e. The van der Waals surface area contributed by atoms with Crippen molar-refractivity contribution in [3.05, 3.63) is 0 Å². The Hall–Kier alpha value is 0.721. The van der Waals surface area contributed by atoms with Gasteiger partial charge in [0.1, 0.15) is 0 Å². The summed E-state index contributed by atoms with van der Waals surface area (Å²) in [4.78, 5) is 14.3. The topological polar surface area (TPSA) is 57.5 Å². The Labute approximate surface area is 60.5 Å². The summed E-state index contributed by atoms with van der Waals surface area (Å²) in [5.41, 5.74) is 0. The molecular formula is H3CoLiO3Si. The van der Waals surface area contributed by atoms with Gasteiger partial charge < -0.3 is 11.0 Å². The SMILES string of the molecule is O=[Si](O)O.[Co].[H-].[Li+]. The van der Waals surface area contributed by atoms with Gasteiger partial charge in [0.05, 0.1) is 0 Å². The first-order valence-electron chi connectivity index (χ1n) is 0.651. The van der Waals surface area contributed by atoms with Crippen LogP contribution >= 0.6 is 0 Å². The standard InChI is InChI=1S/Co.Li.H2O3Si.H/c;;1-4(2)3;/h;;1-2H;/q;+1;;-1. The number of hydrogen-bond acceptors (Lipinski definition) is 1. The molecule has 35 valence electrons. The quantitative estimate of drug-likeness (QED) is 0.338. The second-order valence-corrected chi connectivity index (χ2v) is 0.848. The molecule has 0 aromatic rings. The molecule has 0 aliphatic rings. The Balaban J connectivity index is -0.0000000150. The van der Waals surface area contributed by atoms with Crippen LogP contribution in [0.2, 0.25) is 0 Å². The first kappa shape index (κ1) is 15.9. The van der Waals surface area contributed by atoms with Crippen LogP contribution in [0.15, 0.2) is 0 Å². The van der Waals surface area contributed by atoms with E-state index >= 15 is 0 Å². The molecular weight excluding hydrogens is 142 g/mol. The third kappa shape index (κ3) is 126. The van der Waals surface area contributed by atoms with Crippen molar-refractivity contribution in [2.75, 3.05) is 0 Å². The molecule has 3 nitrogen and oxygen atoms in total. The largest absolute Gasteiger partial charge is 1.00 e. The Kier molecular flexibility index (Phi) is 24.4. The number of hydrogen-bond donors (Lipinski definition) is 2. The summed E-state index contributed by atoms with van der Waals surface area (Å²) in [6, 6.07) is 0. The van der Waals surface area contributed by atoms with Gasteiger partial charge in [-0.15, -0.1) is 0 Å². The molecule has 6 heteroatoms. The van der Waals surface area contributed by atoms with Crippen molar-refractivity contribution < 1.29 is 51.1 Å². The molecule has 1 radical (unpaired) electrons. The first-order valence-corrected chi connectivity index (χ1v) is 1.95. The summed E-state index contributed by atoms with van der Waals surface area (Å²) in [5, 5.41) is 0. The summed E-state index contributed by atoms with van der Waals surface area (Å²) in [5.74, 6) is 0. The van der Waals surface area contributed by atoms with Crippen LogP contribution in [-0.2, 0) is 21.2 Å². The van der Waals surface area contributed by atoms with E-state index in [0.717, 1.165) is 0 Å². The molecule has 0 fully saturated rings. The molecule has 0 atom stereocenters. The fraction of sp³-hybridized carbons (Fsp3) is 0. The second kappa shape index (κ2) is 9.21. The van der Waals surface area contributed by atoms with Crippen molar-refractivity contribution in [3.63, 3.8) is 0 Å². The molecule has 0 heterocycles. The van der Waals surface area contributed by atoms with Crippen LogP contribution in [0.4, 0.5) is 0 Å². The van der Waals surface area contributed by atoms with E-state index in [1.807, 2.05) is 0 Å². The summed E-state index contributed by atoms with van der Waals surface area (Å²) < 4.78 is 8.74. The van der Waals surface area contributed by atoms with Crippen molar-refractivity contribution in [1.82, 2.24) is 0 Å². The molecule has 6 heavy (non-hydrogen) atoms. The minimum absolute atomic E-state index is 0. The monoisotopic (exact) mass is 145 g/mol. The van der Waals surface area contributed by atoms with E-state index in [2.05, 4.69) is 0 Å². The van der Waals surface area contributed by atoms with Crippen LogP contribution in [-0.4, -0.2) is 18.8 Å². The van der Waals surface area contributed by atoms with E-state index in [0.29, 0.717) is 0 Å². The molecule has 0 aliphatic carbocycles. The van der Waals surface area contributed by atoms with Crippen LogP contribution in [0.1, 0.15) is 1.43 Å². The zero-order valence-electron chi connectivity index (χ0n) is 4.14. The van der Waals surface area contributed by atoms with Crippen LogP contribution in [0, 0.1) is 0 Å². The molecule has 0 amide bonds. The molecule has 0 bridgehead atoms. The molecule has 0 aromatic carbocycles. The van der Waals surface area contributed by atoms with Crippen LogP contribution in [0.3, 0.4) is 0 Å². The van der Waals surface area contributed by atoms with Gasteiger partial charge in [0.2, 0.25) is 0 Å². The van der Waals surface area contributed by atoms with Gasteiger partial charge in [0.15, 0.2) is 0 Å². The normalized spacial score (nSPS) is 4.00. The zero-order chi connectivity index (χ0) is 3.58. The van der Waals surface area contributed by atoms with Gasteiger partial charge in [-0.05, 0) is 0 Å². The van der Waals surface area contributed by atoms with Crippen molar-refractivity contribution in [2.45, 2.75) is 0 Å². The van der Waals surface area contributed by atoms with Crippen LogP contribution in [0.5, 0.6) is 0 Å². The van der Waals surface area contributed by atoms with Gasteiger partial charge in [-0.1, -0.05) is 0 Å². The molecule has 2 N–H and O–H groups in total. The third-order valence-electron chi connectivity index (χ3n) is 0. The molecule has 0 saturated carbocycles. The van der Waals surface area contributed by atoms with E-state index in [1.165, 1.54) is 0 Å². The van der Waals surface area contributed by atoms with Crippen molar-refractivity contribution >= 4 is 9.17 Å². The van der Waals surface area contributed by atoms with Gasteiger partial charge in [-0.3, -0.25) is 4.46 Å². The van der Waals surface area contributed by atoms with Crippen LogP contribution in [0.25, 0.3) is 0 Å². The molecule has 0 rings (SSSR count). The first-order chi connectivity index (χ1) is 1.73. The van der Waals surface area contributed by atoms with Gasteiger partial charge >= 0.3 is 28.0 Å². The maximum absolute atomic E-state index is 8.74. The van der Waals surface area contributed by atoms with Gasteiger partial charge in [-0.2, -0.15) is 0 Å². The Morgan fingerprint density at radius 2 is 1.50 bits per heavy atom. The molecule has 0 unspecified atom stereocenters. The van der Waals surface area contributed by atoms with E-state index in [9.17, 15) is 0 Å². The smallest absolute Gasteiger partial charge is 1.00 e. The fourth-order valence-electron chi connectivity index (χ4n) is 0. The summed E-state index contributed by atoms with van der Waals surface area (Å²) >= 11 is 0. The molecule has 0 spiro atoms. The summed E-state index contributed by atoms with van der Waals surface area (Å²) in [6.45, 7) is 0. The second-order valence-electron chi connectivity index (χ2n) is 0.283. The minimum atomic E-state index is -3.13. The predicted molar refractivity (Wildman–Crippen MR) is 12.0 cm³/mol. The average Bonchev–Trinajstić information content (AvgIpc) is 0.811. The van der Waals surface area contributed by atoms with Gasteiger partial charge in [-0.25, -0.2) is 0 Å². The summed E-state index contributed by atoms with van der Waals surface area (Å²) in [6.07, 6.45) is 0. The van der Waals surface area contributed by atoms with E-state index in [-0.39, 0.29) is 37.1 Å². The third-order valence-corrected chi connectivity index (χ3v) is 0. The Morgan fingerprint density at radius 3 is 1.50 bits per heavy atom. The molecule has 0 aromatic heterocycles. The maximum Gasteiger partial charge on any atom is 1.00 e. The van der Waals surface area contributed by atoms with Crippen molar-refractivity contribution in [1.29, 1.82) is 0 Å². The summed E-state index contributed by atoms with van der Waals surface area (Å²) in [7, 11) is -3.13. The average molecular weight is 145 g/mol. The van der Waals surface area contributed by atoms with E-state index < -0.39 is 9.17 Å². The zero-order valence-corrected chi connectivity index (χ0v) is 5.18. The van der Waals surface area contributed by atoms with Crippen molar-refractivity contribution in [2.24, 2.45) is 0 Å². The number of rotatable bonds is 0. The maximum atomic E-state index is 8.74. The van der Waals surface area contributed by atoms with Gasteiger partial charge in [0.25, 0.3) is 0 Å². The van der Waals surface area contributed by atoms with Crippen molar-refractivity contribution in [3.8, 4) is 0 Å². The van der Waals surface area contributed by atoms with E-state index in [1.54, 1.807) is 0 Å². The van der Waals surface area contributed by atoms with E-state index in [4.69, 9.17) is 14.1 Å². The van der Waals surface area contributed by atoms with Crippen LogP contribution < -0.4 is 18.9 Å². The Bertz CT molecular complexity index is 37.9. The van der Waals surface area contributed by atoms with Gasteiger partial charge in [0, 0.05) is 16.8 Å².